The normalized spacial score (nSPS) is 22.4. The standard InChI is InChI=1S/C25H43BSi/c1-5-25(21(2)27(3,4)24-19-13-8-14-20-24)26(22-15-9-6-10-16-22)23-17-11-7-12-18-23/h8,13-14,19-23,25H,5-7,9-12,15-18H2,1-4H3/t21-,25+/m0/s1. The van der Waals surface area contributed by atoms with Gasteiger partial charge in [-0.25, -0.2) is 0 Å². The van der Waals surface area contributed by atoms with Gasteiger partial charge in [-0.3, -0.25) is 0 Å². The molecule has 0 nitrogen and oxygen atoms in total. The van der Waals surface area contributed by atoms with E-state index in [-0.39, 0.29) is 0 Å². The van der Waals surface area contributed by atoms with E-state index in [1.807, 2.05) is 0 Å². The van der Waals surface area contributed by atoms with Crippen molar-refractivity contribution in [3.8, 4) is 0 Å². The summed E-state index contributed by atoms with van der Waals surface area (Å²) in [7, 11) is -1.46. The fraction of sp³-hybridized carbons (Fsp3) is 0.760. The SMILES string of the molecule is CC[C@@H](B(C1CCCCC1)C1CCCCC1)[C@H](C)[Si](C)(C)c1ccccc1. The van der Waals surface area contributed by atoms with Crippen molar-refractivity contribution in [2.45, 2.75) is 121 Å². The van der Waals surface area contributed by atoms with Gasteiger partial charge in [-0.2, -0.15) is 0 Å². The average Bonchev–Trinajstić information content (AvgIpc) is 2.73. The largest absolute Gasteiger partial charge is 0.149 e. The molecular weight excluding hydrogens is 339 g/mol. The summed E-state index contributed by atoms with van der Waals surface area (Å²) in [6.45, 7) is 11.4. The Morgan fingerprint density at radius 2 is 1.33 bits per heavy atom. The second-order valence-corrected chi connectivity index (χ2v) is 15.3. The van der Waals surface area contributed by atoms with Gasteiger partial charge in [0.1, 0.15) is 6.71 Å². The summed E-state index contributed by atoms with van der Waals surface area (Å²) >= 11 is 0. The third-order valence-corrected chi connectivity index (χ3v) is 13.2. The molecule has 0 spiro atoms. The van der Waals surface area contributed by atoms with Crippen LogP contribution in [0.15, 0.2) is 30.3 Å². The minimum absolute atomic E-state index is 0.874. The molecule has 3 rings (SSSR count). The Morgan fingerprint density at radius 3 is 1.78 bits per heavy atom. The van der Waals surface area contributed by atoms with E-state index in [2.05, 4.69) is 57.3 Å². The van der Waals surface area contributed by atoms with Gasteiger partial charge in [0.05, 0.1) is 8.07 Å². The van der Waals surface area contributed by atoms with Crippen molar-refractivity contribution in [2.24, 2.45) is 0 Å². The van der Waals surface area contributed by atoms with E-state index in [1.54, 1.807) is 5.19 Å². The fourth-order valence-electron chi connectivity index (χ4n) is 6.75. The van der Waals surface area contributed by atoms with Crippen LogP contribution < -0.4 is 5.19 Å². The summed E-state index contributed by atoms with van der Waals surface area (Å²) in [4.78, 5) is 0. The molecule has 0 amide bonds. The molecule has 0 unspecified atom stereocenters. The summed E-state index contributed by atoms with van der Waals surface area (Å²) in [6, 6.07) is 11.6. The minimum atomic E-state index is -1.46. The van der Waals surface area contributed by atoms with E-state index in [4.69, 9.17) is 0 Å². The number of rotatable bonds is 7. The van der Waals surface area contributed by atoms with E-state index in [0.29, 0.717) is 0 Å². The molecule has 150 valence electrons. The highest BCUT2D eigenvalue weighted by atomic mass is 28.3. The Hall–Kier alpha value is -0.498. The van der Waals surface area contributed by atoms with Gasteiger partial charge < -0.3 is 0 Å². The minimum Gasteiger partial charge on any atom is -0.0658 e. The summed E-state index contributed by atoms with van der Waals surface area (Å²) in [5.41, 5.74) is 0.874. The van der Waals surface area contributed by atoms with Crippen LogP contribution in [-0.2, 0) is 0 Å². The maximum absolute atomic E-state index is 2.65. The smallest absolute Gasteiger partial charge is 0.0658 e. The lowest BCUT2D eigenvalue weighted by atomic mass is 9.24. The average molecular weight is 383 g/mol. The monoisotopic (exact) mass is 382 g/mol. The van der Waals surface area contributed by atoms with E-state index >= 15 is 0 Å². The van der Waals surface area contributed by atoms with Crippen LogP contribution in [0, 0.1) is 0 Å². The first kappa shape index (κ1) is 21.2. The Balaban J connectivity index is 1.87. The highest BCUT2D eigenvalue weighted by Crippen LogP contribution is 2.51. The van der Waals surface area contributed by atoms with Gasteiger partial charge in [-0.1, -0.05) is 151 Å². The predicted octanol–water partition coefficient (Wildman–Crippen LogP) is 7.94. The first-order valence-corrected chi connectivity index (χ1v) is 15.2. The Labute approximate surface area is 171 Å². The molecule has 2 atom stereocenters. The molecule has 27 heavy (non-hydrogen) atoms. The maximum atomic E-state index is 2.65. The first-order valence-electron chi connectivity index (χ1n) is 12.1. The molecule has 0 heterocycles. The Bertz CT molecular complexity index is 525. The molecule has 1 aromatic rings. The molecule has 2 saturated carbocycles. The molecule has 0 aromatic heterocycles. The van der Waals surface area contributed by atoms with Crippen LogP contribution in [0.25, 0.3) is 0 Å². The second kappa shape index (κ2) is 9.81. The van der Waals surface area contributed by atoms with E-state index in [9.17, 15) is 0 Å². The lowest BCUT2D eigenvalue weighted by molar-refractivity contribution is 0.450. The quantitative estimate of drug-likeness (QED) is 0.420. The molecule has 0 N–H and O–H groups in total. The van der Waals surface area contributed by atoms with Crippen LogP contribution in [0.2, 0.25) is 36.1 Å². The lowest BCUT2D eigenvalue weighted by Crippen LogP contribution is -2.49. The maximum Gasteiger partial charge on any atom is 0.149 e. The van der Waals surface area contributed by atoms with Gasteiger partial charge in [0.25, 0.3) is 0 Å². The Morgan fingerprint density at radius 1 is 0.852 bits per heavy atom. The first-order chi connectivity index (χ1) is 13.1. The van der Waals surface area contributed by atoms with E-state index < -0.39 is 8.07 Å². The third-order valence-electron chi connectivity index (χ3n) is 8.65. The molecule has 0 aliphatic heterocycles. The van der Waals surface area contributed by atoms with E-state index in [0.717, 1.165) is 29.7 Å². The lowest BCUT2D eigenvalue weighted by Gasteiger charge is -2.45. The number of hydrogen-bond acceptors (Lipinski definition) is 0. The van der Waals surface area contributed by atoms with Gasteiger partial charge in [0.2, 0.25) is 0 Å². The van der Waals surface area contributed by atoms with Gasteiger partial charge in [0.15, 0.2) is 0 Å². The predicted molar refractivity (Wildman–Crippen MR) is 126 cm³/mol. The molecule has 0 radical (unpaired) electrons. The summed E-state index contributed by atoms with van der Waals surface area (Å²) in [6.07, 6.45) is 16.5. The highest BCUT2D eigenvalue weighted by Gasteiger charge is 2.45. The molecule has 2 aliphatic rings. The van der Waals surface area contributed by atoms with Crippen molar-refractivity contribution >= 4 is 20.0 Å². The van der Waals surface area contributed by atoms with Crippen LogP contribution in [0.3, 0.4) is 0 Å². The molecule has 2 aliphatic carbocycles. The second-order valence-electron chi connectivity index (χ2n) is 10.3. The highest BCUT2D eigenvalue weighted by molar-refractivity contribution is 6.92. The summed E-state index contributed by atoms with van der Waals surface area (Å²) in [5, 5.41) is 1.67. The van der Waals surface area contributed by atoms with Crippen LogP contribution >= 0.6 is 0 Å². The topological polar surface area (TPSA) is 0 Å². The molecule has 0 saturated heterocycles. The molecule has 2 heteroatoms. The van der Waals surface area contributed by atoms with Crippen LogP contribution in [0.1, 0.15) is 84.5 Å². The number of benzene rings is 1. The zero-order chi connectivity index (χ0) is 19.3. The third kappa shape index (κ3) is 4.92. The van der Waals surface area contributed by atoms with Gasteiger partial charge in [0, 0.05) is 0 Å². The summed E-state index contributed by atoms with van der Waals surface area (Å²) in [5.74, 6) is 2.97. The zero-order valence-electron chi connectivity index (χ0n) is 18.6. The molecular formula is C25H43BSi. The van der Waals surface area contributed by atoms with Gasteiger partial charge in [-0.05, 0) is 5.54 Å². The van der Waals surface area contributed by atoms with Gasteiger partial charge in [-0.15, -0.1) is 0 Å². The Kier molecular flexibility index (Phi) is 7.71. The molecule has 1 aromatic carbocycles. The van der Waals surface area contributed by atoms with E-state index in [1.165, 1.54) is 70.6 Å². The molecule has 2 fully saturated rings. The fourth-order valence-corrected chi connectivity index (χ4v) is 9.85. The summed E-state index contributed by atoms with van der Waals surface area (Å²) < 4.78 is 0. The van der Waals surface area contributed by atoms with Crippen molar-refractivity contribution in [2.75, 3.05) is 0 Å². The van der Waals surface area contributed by atoms with Crippen LogP contribution in [0.4, 0.5) is 0 Å². The van der Waals surface area contributed by atoms with Crippen molar-refractivity contribution in [1.82, 2.24) is 0 Å². The van der Waals surface area contributed by atoms with Crippen molar-refractivity contribution in [3.63, 3.8) is 0 Å². The number of hydrogen-bond donors (Lipinski definition) is 0. The van der Waals surface area contributed by atoms with Crippen molar-refractivity contribution < 1.29 is 0 Å². The van der Waals surface area contributed by atoms with Crippen LogP contribution in [0.5, 0.6) is 0 Å². The molecule has 0 bridgehead atoms. The van der Waals surface area contributed by atoms with Gasteiger partial charge >= 0.3 is 0 Å². The van der Waals surface area contributed by atoms with Crippen molar-refractivity contribution in [1.29, 1.82) is 0 Å². The zero-order valence-corrected chi connectivity index (χ0v) is 19.6. The van der Waals surface area contributed by atoms with Crippen LogP contribution in [-0.4, -0.2) is 14.8 Å². The van der Waals surface area contributed by atoms with Crippen molar-refractivity contribution in [3.05, 3.63) is 30.3 Å².